The molecule has 1 heterocycles. The van der Waals surface area contributed by atoms with Crippen molar-refractivity contribution in [3.05, 3.63) is 70.6 Å². The first-order valence-corrected chi connectivity index (χ1v) is 8.37. The van der Waals surface area contributed by atoms with Crippen LogP contribution in [-0.2, 0) is 6.42 Å². The molecule has 2 aromatic carbocycles. The molecule has 0 saturated carbocycles. The Bertz CT molecular complexity index is 962. The average Bonchev–Trinajstić information content (AvgIpc) is 2.63. The van der Waals surface area contributed by atoms with Crippen LogP contribution in [0.25, 0.3) is 11.0 Å². The molecule has 0 fully saturated rings. The van der Waals surface area contributed by atoms with Crippen LogP contribution in [0.3, 0.4) is 0 Å². The molecule has 1 aromatic heterocycles. The smallest absolute Gasteiger partial charge is 0.336 e. The topological polar surface area (TPSA) is 69.3 Å². The molecular formula is C20H21N3O2. The van der Waals surface area contributed by atoms with Crippen molar-refractivity contribution in [2.24, 2.45) is 0 Å². The number of nitrogens with one attached hydrogen (secondary N) is 2. The van der Waals surface area contributed by atoms with E-state index < -0.39 is 5.63 Å². The minimum atomic E-state index is -0.406. The van der Waals surface area contributed by atoms with Gasteiger partial charge >= 0.3 is 5.63 Å². The van der Waals surface area contributed by atoms with Crippen LogP contribution >= 0.6 is 0 Å². The Balaban J connectivity index is 1.92. The second-order valence-corrected chi connectivity index (χ2v) is 5.72. The highest BCUT2D eigenvalue weighted by Crippen LogP contribution is 2.23. The second kappa shape index (κ2) is 7.21. The summed E-state index contributed by atoms with van der Waals surface area (Å²) in [5, 5.41) is 12.4. The maximum Gasteiger partial charge on any atom is 0.336 e. The summed E-state index contributed by atoms with van der Waals surface area (Å²) in [5.74, 6) is 0.231. The van der Waals surface area contributed by atoms with Gasteiger partial charge in [-0.3, -0.25) is 5.41 Å². The van der Waals surface area contributed by atoms with Gasteiger partial charge in [0.05, 0.1) is 5.69 Å². The van der Waals surface area contributed by atoms with E-state index >= 15 is 0 Å². The molecule has 0 spiro atoms. The van der Waals surface area contributed by atoms with Gasteiger partial charge in [-0.15, -0.1) is 0 Å². The molecule has 0 aliphatic heterocycles. The Morgan fingerprint density at radius 2 is 1.92 bits per heavy atom. The highest BCUT2D eigenvalue weighted by Gasteiger charge is 2.13. The van der Waals surface area contributed by atoms with Crippen molar-refractivity contribution in [1.29, 1.82) is 5.41 Å². The van der Waals surface area contributed by atoms with Crippen molar-refractivity contribution >= 4 is 28.3 Å². The monoisotopic (exact) mass is 335 g/mol. The molecule has 5 nitrogen and oxygen atoms in total. The first-order valence-electron chi connectivity index (χ1n) is 8.37. The number of fused-ring (bicyclic) bond motifs is 1. The van der Waals surface area contributed by atoms with E-state index in [9.17, 15) is 4.79 Å². The van der Waals surface area contributed by atoms with E-state index in [0.29, 0.717) is 17.8 Å². The first kappa shape index (κ1) is 16.8. The summed E-state index contributed by atoms with van der Waals surface area (Å²) in [6.45, 7) is 4.75. The summed E-state index contributed by atoms with van der Waals surface area (Å²) >= 11 is 0. The number of benzene rings is 2. The van der Waals surface area contributed by atoms with E-state index in [0.717, 1.165) is 17.5 Å². The predicted octanol–water partition coefficient (Wildman–Crippen LogP) is 4.23. The zero-order valence-corrected chi connectivity index (χ0v) is 14.4. The molecule has 0 aliphatic rings. The molecule has 0 amide bonds. The summed E-state index contributed by atoms with van der Waals surface area (Å²) in [5.41, 5.74) is 2.83. The number of guanidine groups is 1. The maximum absolute atomic E-state index is 11.5. The highest BCUT2D eigenvalue weighted by molar-refractivity contribution is 6.07. The minimum Gasteiger partial charge on any atom is -0.420 e. The number of anilines is 2. The molecule has 128 valence electrons. The van der Waals surface area contributed by atoms with Gasteiger partial charge in [-0.05, 0) is 43.2 Å². The van der Waals surface area contributed by atoms with Crippen LogP contribution in [0.15, 0.2) is 63.8 Å². The number of aryl methyl sites for hydroxylation is 1. The minimum absolute atomic E-state index is 0.231. The van der Waals surface area contributed by atoms with Crippen molar-refractivity contribution < 1.29 is 4.42 Å². The summed E-state index contributed by atoms with van der Waals surface area (Å²) < 4.78 is 5.32. The molecule has 3 aromatic rings. The zero-order chi connectivity index (χ0) is 17.8. The van der Waals surface area contributed by atoms with Gasteiger partial charge in [0.2, 0.25) is 0 Å². The van der Waals surface area contributed by atoms with Crippen LogP contribution in [0, 0.1) is 5.41 Å². The van der Waals surface area contributed by atoms with Gasteiger partial charge in [0.25, 0.3) is 0 Å². The molecule has 25 heavy (non-hydrogen) atoms. The van der Waals surface area contributed by atoms with Gasteiger partial charge in [-0.2, -0.15) is 0 Å². The highest BCUT2D eigenvalue weighted by atomic mass is 16.4. The fourth-order valence-electron chi connectivity index (χ4n) is 2.80. The molecule has 0 bridgehead atoms. The van der Waals surface area contributed by atoms with Crippen molar-refractivity contribution in [2.45, 2.75) is 20.3 Å². The Labute approximate surface area is 146 Å². The lowest BCUT2D eigenvalue weighted by Gasteiger charge is -2.25. The molecule has 5 heteroatoms. The molecule has 0 atom stereocenters. The number of nitrogens with zero attached hydrogens (tertiary/aromatic N) is 1. The Morgan fingerprint density at radius 3 is 2.68 bits per heavy atom. The van der Waals surface area contributed by atoms with Gasteiger partial charge in [0.15, 0.2) is 11.5 Å². The van der Waals surface area contributed by atoms with Crippen molar-refractivity contribution in [1.82, 2.24) is 0 Å². The van der Waals surface area contributed by atoms with Crippen LogP contribution in [0.5, 0.6) is 0 Å². The summed E-state index contributed by atoms with van der Waals surface area (Å²) in [6, 6.07) is 16.8. The van der Waals surface area contributed by atoms with E-state index in [1.54, 1.807) is 12.1 Å². The van der Waals surface area contributed by atoms with Crippen molar-refractivity contribution in [3.63, 3.8) is 0 Å². The average molecular weight is 335 g/mol. The SMILES string of the molecule is CCc1cccc(N(CC)C(=N)Nc2cccc3ccc(=O)oc23)c1. The van der Waals surface area contributed by atoms with E-state index in [2.05, 4.69) is 24.4 Å². The fraction of sp³-hybridized carbons (Fsp3) is 0.200. The molecule has 0 radical (unpaired) electrons. The third kappa shape index (κ3) is 3.55. The van der Waals surface area contributed by atoms with E-state index in [-0.39, 0.29) is 5.96 Å². The standard InChI is InChI=1S/C20H21N3O2/c1-3-14-7-5-9-16(13-14)23(4-2)20(21)22-17-10-6-8-15-11-12-18(24)25-19(15)17/h5-13H,3-4H2,1-2H3,(H2,21,22). The van der Waals surface area contributed by atoms with Crippen LogP contribution in [0.1, 0.15) is 19.4 Å². The lowest BCUT2D eigenvalue weighted by Crippen LogP contribution is -2.35. The van der Waals surface area contributed by atoms with E-state index in [4.69, 9.17) is 9.83 Å². The third-order valence-electron chi connectivity index (χ3n) is 4.12. The van der Waals surface area contributed by atoms with Gasteiger partial charge in [0.1, 0.15) is 0 Å². The van der Waals surface area contributed by atoms with E-state index in [1.165, 1.54) is 11.6 Å². The van der Waals surface area contributed by atoms with Crippen LogP contribution in [0.4, 0.5) is 11.4 Å². The number of hydrogen-bond donors (Lipinski definition) is 2. The number of hydrogen-bond acceptors (Lipinski definition) is 3. The molecular weight excluding hydrogens is 314 g/mol. The lowest BCUT2D eigenvalue weighted by molar-refractivity contribution is 0.562. The normalized spacial score (nSPS) is 10.6. The Hall–Kier alpha value is -3.08. The van der Waals surface area contributed by atoms with Crippen LogP contribution < -0.4 is 15.8 Å². The Morgan fingerprint density at radius 1 is 1.12 bits per heavy atom. The summed E-state index contributed by atoms with van der Waals surface area (Å²) in [7, 11) is 0. The zero-order valence-electron chi connectivity index (χ0n) is 14.4. The molecule has 0 unspecified atom stereocenters. The number of para-hydroxylation sites is 1. The van der Waals surface area contributed by atoms with Crippen molar-refractivity contribution in [3.8, 4) is 0 Å². The predicted molar refractivity (Wildman–Crippen MR) is 103 cm³/mol. The lowest BCUT2D eigenvalue weighted by atomic mass is 10.1. The third-order valence-corrected chi connectivity index (χ3v) is 4.12. The Kier molecular flexibility index (Phi) is 4.84. The first-order chi connectivity index (χ1) is 12.1. The number of rotatable bonds is 4. The molecule has 3 rings (SSSR count). The molecule has 0 aliphatic carbocycles. The largest absolute Gasteiger partial charge is 0.420 e. The van der Waals surface area contributed by atoms with E-state index in [1.807, 2.05) is 36.1 Å². The summed E-state index contributed by atoms with van der Waals surface area (Å²) in [6.07, 6.45) is 0.945. The van der Waals surface area contributed by atoms with Crippen molar-refractivity contribution in [2.75, 3.05) is 16.8 Å². The van der Waals surface area contributed by atoms with Gasteiger partial charge in [-0.1, -0.05) is 31.2 Å². The molecule has 0 saturated heterocycles. The van der Waals surface area contributed by atoms with Crippen LogP contribution in [-0.4, -0.2) is 12.5 Å². The summed E-state index contributed by atoms with van der Waals surface area (Å²) in [4.78, 5) is 13.4. The maximum atomic E-state index is 11.5. The molecule has 2 N–H and O–H groups in total. The van der Waals surface area contributed by atoms with Crippen LogP contribution in [0.2, 0.25) is 0 Å². The van der Waals surface area contributed by atoms with Gasteiger partial charge in [-0.25, -0.2) is 4.79 Å². The fourth-order valence-corrected chi connectivity index (χ4v) is 2.80. The van der Waals surface area contributed by atoms with Gasteiger partial charge < -0.3 is 14.6 Å². The second-order valence-electron chi connectivity index (χ2n) is 5.72. The quantitative estimate of drug-likeness (QED) is 0.425. The van der Waals surface area contributed by atoms with Gasteiger partial charge in [0, 0.05) is 23.7 Å².